The molecule has 1 fully saturated rings. The molecular formula is C11H23N3O2. The number of carbonyl (C=O) groups excluding carboxylic acids is 1. The lowest BCUT2D eigenvalue weighted by Crippen LogP contribution is -2.60. The van der Waals surface area contributed by atoms with Gasteiger partial charge in [0.1, 0.15) is 5.54 Å². The van der Waals surface area contributed by atoms with Crippen molar-refractivity contribution in [3.05, 3.63) is 0 Å². The van der Waals surface area contributed by atoms with E-state index in [0.29, 0.717) is 6.54 Å². The van der Waals surface area contributed by atoms with Crippen molar-refractivity contribution in [2.24, 2.45) is 17.4 Å². The maximum atomic E-state index is 11.4. The lowest BCUT2D eigenvalue weighted by molar-refractivity contribution is -0.124. The van der Waals surface area contributed by atoms with E-state index in [9.17, 15) is 4.79 Å². The standard InChI is InChI=1S/C11H23N3O2/c1-14(6-3-7-16-2)8-11(13,10(12)15)9-4-5-9/h9H,3-8,13H2,1-2H3,(H2,12,15). The Kier molecular flexibility index (Phi) is 4.70. The number of hydrogen-bond donors (Lipinski definition) is 2. The highest BCUT2D eigenvalue weighted by molar-refractivity contribution is 5.85. The molecule has 0 saturated heterocycles. The van der Waals surface area contributed by atoms with Gasteiger partial charge in [-0.25, -0.2) is 0 Å². The van der Waals surface area contributed by atoms with Gasteiger partial charge < -0.3 is 21.1 Å². The summed E-state index contributed by atoms with van der Waals surface area (Å²) in [6.07, 6.45) is 2.98. The zero-order chi connectivity index (χ0) is 12.2. The Bertz CT molecular complexity index is 243. The number of carbonyl (C=O) groups is 1. The number of primary amides is 1. The van der Waals surface area contributed by atoms with Gasteiger partial charge in [0, 0.05) is 26.8 Å². The number of hydrogen-bond acceptors (Lipinski definition) is 4. The van der Waals surface area contributed by atoms with Gasteiger partial charge in [0.15, 0.2) is 0 Å². The van der Waals surface area contributed by atoms with Gasteiger partial charge in [0.2, 0.25) is 5.91 Å². The van der Waals surface area contributed by atoms with E-state index >= 15 is 0 Å². The predicted molar refractivity (Wildman–Crippen MR) is 62.8 cm³/mol. The molecule has 0 aromatic carbocycles. The summed E-state index contributed by atoms with van der Waals surface area (Å²) in [5, 5.41) is 0. The first-order valence-electron chi connectivity index (χ1n) is 5.77. The van der Waals surface area contributed by atoms with Crippen LogP contribution in [0.1, 0.15) is 19.3 Å². The molecule has 94 valence electrons. The first kappa shape index (κ1) is 13.4. The summed E-state index contributed by atoms with van der Waals surface area (Å²) in [7, 11) is 3.64. The van der Waals surface area contributed by atoms with Crippen molar-refractivity contribution in [3.8, 4) is 0 Å². The van der Waals surface area contributed by atoms with Crippen LogP contribution >= 0.6 is 0 Å². The molecule has 1 atom stereocenters. The fourth-order valence-corrected chi connectivity index (χ4v) is 2.01. The Balaban J connectivity index is 2.39. The van der Waals surface area contributed by atoms with Gasteiger partial charge in [-0.3, -0.25) is 4.79 Å². The molecule has 0 bridgehead atoms. The SMILES string of the molecule is COCCCN(C)CC(N)(C(N)=O)C1CC1. The quantitative estimate of drug-likeness (QED) is 0.552. The molecule has 5 heteroatoms. The predicted octanol–water partition coefficient (Wildman–Crippen LogP) is -0.452. The molecule has 0 aromatic heterocycles. The third-order valence-corrected chi connectivity index (χ3v) is 3.18. The molecule has 0 aliphatic heterocycles. The van der Waals surface area contributed by atoms with Crippen LogP contribution in [-0.2, 0) is 9.53 Å². The second-order valence-corrected chi connectivity index (χ2v) is 4.76. The van der Waals surface area contributed by atoms with E-state index in [1.165, 1.54) is 0 Å². The molecule has 4 N–H and O–H groups in total. The highest BCUT2D eigenvalue weighted by atomic mass is 16.5. The Hall–Kier alpha value is -0.650. The number of nitrogens with zero attached hydrogens (tertiary/aromatic N) is 1. The molecule has 0 heterocycles. The van der Waals surface area contributed by atoms with Crippen molar-refractivity contribution >= 4 is 5.91 Å². The third-order valence-electron chi connectivity index (χ3n) is 3.18. The molecule has 1 amide bonds. The van der Waals surface area contributed by atoms with Gasteiger partial charge in [0.05, 0.1) is 0 Å². The third kappa shape index (κ3) is 3.43. The van der Waals surface area contributed by atoms with Gasteiger partial charge in [-0.1, -0.05) is 0 Å². The zero-order valence-corrected chi connectivity index (χ0v) is 10.2. The molecule has 1 rings (SSSR count). The summed E-state index contributed by atoms with van der Waals surface area (Å²) in [5.41, 5.74) is 10.7. The molecule has 0 radical (unpaired) electrons. The summed E-state index contributed by atoms with van der Waals surface area (Å²) in [5.74, 6) is -0.108. The second-order valence-electron chi connectivity index (χ2n) is 4.76. The molecule has 0 spiro atoms. The van der Waals surface area contributed by atoms with Crippen molar-refractivity contribution < 1.29 is 9.53 Å². The van der Waals surface area contributed by atoms with Gasteiger partial charge in [0.25, 0.3) is 0 Å². The summed E-state index contributed by atoms with van der Waals surface area (Å²) in [6.45, 7) is 2.13. The molecule has 1 saturated carbocycles. The van der Waals surface area contributed by atoms with E-state index in [1.54, 1.807) is 7.11 Å². The summed E-state index contributed by atoms with van der Waals surface area (Å²) in [4.78, 5) is 13.5. The van der Waals surface area contributed by atoms with Crippen LogP contribution in [0.4, 0.5) is 0 Å². The van der Waals surface area contributed by atoms with E-state index < -0.39 is 5.54 Å². The van der Waals surface area contributed by atoms with Crippen LogP contribution in [0.15, 0.2) is 0 Å². The molecular weight excluding hydrogens is 206 g/mol. The van der Waals surface area contributed by atoms with Crippen molar-refractivity contribution in [1.82, 2.24) is 4.90 Å². The van der Waals surface area contributed by atoms with Crippen molar-refractivity contribution in [2.45, 2.75) is 24.8 Å². The van der Waals surface area contributed by atoms with Crippen LogP contribution in [0.5, 0.6) is 0 Å². The minimum atomic E-state index is -0.845. The fourth-order valence-electron chi connectivity index (χ4n) is 2.01. The Morgan fingerprint density at radius 2 is 2.19 bits per heavy atom. The van der Waals surface area contributed by atoms with Gasteiger partial charge in [-0.05, 0) is 32.2 Å². The first-order chi connectivity index (χ1) is 7.50. The topological polar surface area (TPSA) is 81.6 Å². The van der Waals surface area contributed by atoms with Gasteiger partial charge in [-0.2, -0.15) is 0 Å². The fraction of sp³-hybridized carbons (Fsp3) is 0.909. The average molecular weight is 229 g/mol. The van der Waals surface area contributed by atoms with Crippen molar-refractivity contribution in [3.63, 3.8) is 0 Å². The monoisotopic (exact) mass is 229 g/mol. The lowest BCUT2D eigenvalue weighted by atomic mass is 9.93. The first-order valence-corrected chi connectivity index (χ1v) is 5.77. The molecule has 1 aliphatic carbocycles. The van der Waals surface area contributed by atoms with E-state index in [2.05, 4.69) is 4.90 Å². The van der Waals surface area contributed by atoms with Gasteiger partial charge in [-0.15, -0.1) is 0 Å². The number of methoxy groups -OCH3 is 1. The summed E-state index contributed by atoms with van der Waals surface area (Å²) < 4.78 is 4.98. The number of rotatable bonds is 8. The second kappa shape index (κ2) is 5.61. The normalized spacial score (nSPS) is 19.8. The van der Waals surface area contributed by atoms with Gasteiger partial charge >= 0.3 is 0 Å². The maximum Gasteiger partial charge on any atom is 0.239 e. The molecule has 16 heavy (non-hydrogen) atoms. The van der Waals surface area contributed by atoms with Crippen LogP contribution in [0, 0.1) is 5.92 Å². The average Bonchev–Trinajstić information content (AvgIpc) is 3.00. The highest BCUT2D eigenvalue weighted by Gasteiger charge is 2.47. The molecule has 5 nitrogen and oxygen atoms in total. The number of nitrogens with two attached hydrogens (primary N) is 2. The highest BCUT2D eigenvalue weighted by Crippen LogP contribution is 2.38. The smallest absolute Gasteiger partial charge is 0.239 e. The summed E-state index contributed by atoms with van der Waals surface area (Å²) in [6, 6.07) is 0. The van der Waals surface area contributed by atoms with Crippen LogP contribution in [0.2, 0.25) is 0 Å². The minimum absolute atomic E-state index is 0.273. The van der Waals surface area contributed by atoms with Crippen LogP contribution in [0.25, 0.3) is 0 Å². The molecule has 1 unspecified atom stereocenters. The number of ether oxygens (including phenoxy) is 1. The van der Waals surface area contributed by atoms with Crippen LogP contribution in [-0.4, -0.2) is 50.2 Å². The minimum Gasteiger partial charge on any atom is -0.385 e. The van der Waals surface area contributed by atoms with Crippen molar-refractivity contribution in [1.29, 1.82) is 0 Å². The summed E-state index contributed by atoms with van der Waals surface area (Å²) >= 11 is 0. The largest absolute Gasteiger partial charge is 0.385 e. The van der Waals surface area contributed by atoms with E-state index in [4.69, 9.17) is 16.2 Å². The zero-order valence-electron chi connectivity index (χ0n) is 10.2. The number of likely N-dealkylation sites (N-methyl/N-ethyl adjacent to an activating group) is 1. The van der Waals surface area contributed by atoms with Crippen molar-refractivity contribution in [2.75, 3.05) is 33.9 Å². The molecule has 0 aromatic rings. The van der Waals surface area contributed by atoms with E-state index in [-0.39, 0.29) is 11.8 Å². The Morgan fingerprint density at radius 1 is 1.56 bits per heavy atom. The van der Waals surface area contributed by atoms with Crippen LogP contribution in [0.3, 0.4) is 0 Å². The Morgan fingerprint density at radius 3 is 2.62 bits per heavy atom. The van der Waals surface area contributed by atoms with Crippen LogP contribution < -0.4 is 11.5 Å². The Labute approximate surface area is 97.1 Å². The van der Waals surface area contributed by atoms with E-state index in [1.807, 2.05) is 7.05 Å². The number of amides is 1. The van der Waals surface area contributed by atoms with E-state index in [0.717, 1.165) is 32.4 Å². The molecule has 1 aliphatic rings. The maximum absolute atomic E-state index is 11.4. The lowest BCUT2D eigenvalue weighted by Gasteiger charge is -2.31.